The van der Waals surface area contributed by atoms with E-state index in [0.717, 1.165) is 17.7 Å². The van der Waals surface area contributed by atoms with Crippen LogP contribution in [0.5, 0.6) is 0 Å². The summed E-state index contributed by atoms with van der Waals surface area (Å²) in [7, 11) is 0. The molecule has 5 fully saturated rings. The van der Waals surface area contributed by atoms with Crippen molar-refractivity contribution in [1.29, 1.82) is 0 Å². The molecule has 0 bridgehead atoms. The van der Waals surface area contributed by atoms with Crippen LogP contribution in [-0.2, 0) is 24.0 Å². The SMILES string of the molecule is CC1(C)C2CN(C(=O)[C@H](CC3(F)CC3)NC(=O)C(F)(F)F)C(C(=O)N[C@@H](C[C@@H]3CC4(CC4)NC3=O)C(N)=O)C21. The van der Waals surface area contributed by atoms with Gasteiger partial charge in [0.25, 0.3) is 0 Å². The van der Waals surface area contributed by atoms with Gasteiger partial charge in [-0.3, -0.25) is 24.0 Å². The van der Waals surface area contributed by atoms with Crippen LogP contribution in [0, 0.1) is 23.2 Å². The third kappa shape index (κ3) is 5.18. The van der Waals surface area contributed by atoms with E-state index < -0.39 is 65.9 Å². The molecule has 2 heterocycles. The summed E-state index contributed by atoms with van der Waals surface area (Å²) in [4.78, 5) is 64.4. The molecule has 2 aliphatic heterocycles. The maximum atomic E-state index is 14.6. The van der Waals surface area contributed by atoms with E-state index in [9.17, 15) is 41.5 Å². The molecule has 10 nitrogen and oxygen atoms in total. The predicted molar refractivity (Wildman–Crippen MR) is 126 cm³/mol. The van der Waals surface area contributed by atoms with E-state index in [-0.39, 0.29) is 54.5 Å². The number of carbonyl (C=O) groups is 5. The van der Waals surface area contributed by atoms with Crippen LogP contribution in [0.1, 0.15) is 58.8 Å². The third-order valence-electron chi connectivity index (χ3n) is 9.41. The number of halogens is 4. The average molecular weight is 560 g/mol. The van der Waals surface area contributed by atoms with Crippen molar-refractivity contribution in [2.45, 2.75) is 94.3 Å². The Morgan fingerprint density at radius 2 is 1.74 bits per heavy atom. The lowest BCUT2D eigenvalue weighted by Crippen LogP contribution is -2.59. The standard InChI is InChI=1S/C25H33F4N5O5/c1-22(2)12-10-34(20(38)14(9-23(26)3-4-23)32-21(39)25(27,28)29)16(15(12)22)19(37)31-13(17(30)35)7-11-8-24(5-6-24)33-18(11)36/h11-16H,3-10H2,1-2H3,(H2,30,35)(H,31,37)(H,32,39)(H,33,36)/t11-,12?,13+,14+,15?,16?/m1/s1. The molecule has 3 unspecified atom stereocenters. The minimum absolute atomic E-state index is 0.0263. The Kier molecular flexibility index (Phi) is 6.22. The van der Waals surface area contributed by atoms with Gasteiger partial charge >= 0.3 is 12.1 Å². The number of likely N-dealkylation sites (tertiary alicyclic amines) is 1. The first-order chi connectivity index (χ1) is 18.0. The Morgan fingerprint density at radius 3 is 2.26 bits per heavy atom. The number of hydrogen-bond acceptors (Lipinski definition) is 5. The van der Waals surface area contributed by atoms with E-state index in [2.05, 4.69) is 10.6 Å². The summed E-state index contributed by atoms with van der Waals surface area (Å²) in [5, 5.41) is 7.10. The van der Waals surface area contributed by atoms with Crippen molar-refractivity contribution in [2.24, 2.45) is 28.9 Å². The fourth-order valence-electron chi connectivity index (χ4n) is 6.60. The largest absolute Gasteiger partial charge is 0.471 e. The number of hydrogen-bond donors (Lipinski definition) is 4. The fourth-order valence-corrected chi connectivity index (χ4v) is 6.60. The summed E-state index contributed by atoms with van der Waals surface area (Å²) in [6.07, 6.45) is -3.64. The van der Waals surface area contributed by atoms with E-state index >= 15 is 0 Å². The highest BCUT2D eigenvalue weighted by Crippen LogP contribution is 2.65. The van der Waals surface area contributed by atoms with Crippen molar-refractivity contribution >= 4 is 29.5 Å². The first-order valence-corrected chi connectivity index (χ1v) is 13.3. The second kappa shape index (κ2) is 8.79. The van der Waals surface area contributed by atoms with E-state index in [1.807, 2.05) is 13.8 Å². The lowest BCUT2D eigenvalue weighted by Gasteiger charge is -2.34. The molecule has 0 aromatic heterocycles. The summed E-state index contributed by atoms with van der Waals surface area (Å²) in [5.74, 6) is -6.21. The van der Waals surface area contributed by atoms with E-state index in [1.165, 1.54) is 0 Å². The van der Waals surface area contributed by atoms with Crippen molar-refractivity contribution in [2.75, 3.05) is 6.54 Å². The molecule has 0 aromatic rings. The van der Waals surface area contributed by atoms with Crippen molar-refractivity contribution in [1.82, 2.24) is 20.9 Å². The van der Waals surface area contributed by atoms with Gasteiger partial charge in [-0.15, -0.1) is 0 Å². The van der Waals surface area contributed by atoms with Crippen molar-refractivity contribution in [3.63, 3.8) is 0 Å². The summed E-state index contributed by atoms with van der Waals surface area (Å²) >= 11 is 0. The van der Waals surface area contributed by atoms with Crippen LogP contribution in [0.25, 0.3) is 0 Å². The summed E-state index contributed by atoms with van der Waals surface area (Å²) in [6, 6.07) is -4.18. The number of fused-ring (bicyclic) bond motifs is 1. The van der Waals surface area contributed by atoms with E-state index in [4.69, 9.17) is 5.73 Å². The summed E-state index contributed by atoms with van der Waals surface area (Å²) < 4.78 is 53.5. The zero-order valence-electron chi connectivity index (χ0n) is 21.7. The molecule has 39 heavy (non-hydrogen) atoms. The zero-order chi connectivity index (χ0) is 28.7. The average Bonchev–Trinajstić information content (AvgIpc) is 3.74. The first kappa shape index (κ1) is 27.6. The molecule has 3 saturated carbocycles. The van der Waals surface area contributed by atoms with Crippen LogP contribution in [0.15, 0.2) is 0 Å². The normalized spacial score (nSPS) is 32.1. The van der Waals surface area contributed by atoms with E-state index in [0.29, 0.717) is 6.42 Å². The van der Waals surface area contributed by atoms with Crippen LogP contribution >= 0.6 is 0 Å². The van der Waals surface area contributed by atoms with Gasteiger partial charge in [0.1, 0.15) is 23.8 Å². The predicted octanol–water partition coefficient (Wildman–Crippen LogP) is 0.438. The molecule has 5 aliphatic rings. The van der Waals surface area contributed by atoms with Gasteiger partial charge in [0.05, 0.1) is 0 Å². The molecule has 1 spiro atoms. The maximum absolute atomic E-state index is 14.6. The molecule has 5 amide bonds. The number of nitrogens with two attached hydrogens (primary N) is 1. The van der Waals surface area contributed by atoms with Gasteiger partial charge in [0, 0.05) is 24.4 Å². The Balaban J connectivity index is 1.33. The quantitative estimate of drug-likeness (QED) is 0.302. The van der Waals surface area contributed by atoms with Crippen LogP contribution in [0.3, 0.4) is 0 Å². The zero-order valence-corrected chi connectivity index (χ0v) is 21.7. The number of alkyl halides is 4. The van der Waals surface area contributed by atoms with Crippen LogP contribution < -0.4 is 21.7 Å². The molecule has 0 aromatic carbocycles. The van der Waals surface area contributed by atoms with Crippen molar-refractivity contribution in [3.8, 4) is 0 Å². The maximum Gasteiger partial charge on any atom is 0.471 e. The lowest BCUT2D eigenvalue weighted by atomic mass is 9.94. The minimum atomic E-state index is -5.28. The summed E-state index contributed by atoms with van der Waals surface area (Å²) in [5.41, 5.74) is 3.06. The number of nitrogens with one attached hydrogen (secondary N) is 3. The Bertz CT molecular complexity index is 1120. The molecule has 2 saturated heterocycles. The second-order valence-corrected chi connectivity index (χ2v) is 12.6. The number of piperidine rings is 1. The van der Waals surface area contributed by atoms with Gasteiger partial charge in [-0.05, 0) is 55.8 Å². The van der Waals surface area contributed by atoms with Crippen molar-refractivity contribution in [3.05, 3.63) is 0 Å². The van der Waals surface area contributed by atoms with Crippen LogP contribution in [0.2, 0.25) is 0 Å². The number of amides is 5. The molecular formula is C25H33F4N5O5. The first-order valence-electron chi connectivity index (χ1n) is 13.3. The van der Waals surface area contributed by atoms with Gasteiger partial charge in [0.15, 0.2) is 0 Å². The minimum Gasteiger partial charge on any atom is -0.368 e. The second-order valence-electron chi connectivity index (χ2n) is 12.6. The fraction of sp³-hybridized carbons (Fsp3) is 0.800. The van der Waals surface area contributed by atoms with Crippen molar-refractivity contribution < 1.29 is 41.5 Å². The molecule has 3 aliphatic carbocycles. The number of primary amides is 1. The van der Waals surface area contributed by atoms with Gasteiger partial charge in [-0.2, -0.15) is 13.2 Å². The Hall–Kier alpha value is -2.93. The highest BCUT2D eigenvalue weighted by molar-refractivity contribution is 5.96. The smallest absolute Gasteiger partial charge is 0.368 e. The molecule has 0 radical (unpaired) electrons. The number of carbonyl (C=O) groups excluding carboxylic acids is 5. The Morgan fingerprint density at radius 1 is 1.10 bits per heavy atom. The molecule has 6 atom stereocenters. The highest BCUT2D eigenvalue weighted by Gasteiger charge is 2.70. The van der Waals surface area contributed by atoms with Gasteiger partial charge < -0.3 is 26.6 Å². The van der Waals surface area contributed by atoms with Gasteiger partial charge in [-0.25, -0.2) is 4.39 Å². The monoisotopic (exact) mass is 559 g/mol. The van der Waals surface area contributed by atoms with Gasteiger partial charge in [0.2, 0.25) is 23.6 Å². The van der Waals surface area contributed by atoms with E-state index in [1.54, 1.807) is 5.32 Å². The number of nitrogens with zero attached hydrogens (tertiary/aromatic N) is 1. The molecular weight excluding hydrogens is 526 g/mol. The molecule has 216 valence electrons. The lowest BCUT2D eigenvalue weighted by molar-refractivity contribution is -0.175. The Labute approximate surface area is 222 Å². The third-order valence-corrected chi connectivity index (χ3v) is 9.41. The molecule has 5 rings (SSSR count). The molecule has 5 N–H and O–H groups in total. The summed E-state index contributed by atoms with van der Waals surface area (Å²) in [6.45, 7) is 3.80. The number of rotatable bonds is 9. The van der Waals surface area contributed by atoms with Gasteiger partial charge in [-0.1, -0.05) is 13.8 Å². The van der Waals surface area contributed by atoms with Crippen LogP contribution in [-0.4, -0.2) is 76.5 Å². The topological polar surface area (TPSA) is 151 Å². The van der Waals surface area contributed by atoms with Crippen LogP contribution in [0.4, 0.5) is 17.6 Å². The highest BCUT2D eigenvalue weighted by atomic mass is 19.4. The molecule has 14 heteroatoms.